The second-order valence-electron chi connectivity index (χ2n) is 10.5. The average molecular weight is 494 g/mol. The van der Waals surface area contributed by atoms with Crippen LogP contribution in [0.15, 0.2) is 41.8 Å². The molecule has 35 heavy (non-hydrogen) atoms. The Hall–Kier alpha value is -3.16. The molecule has 184 valence electrons. The van der Waals surface area contributed by atoms with Crippen LogP contribution in [0.25, 0.3) is 22.3 Å². The van der Waals surface area contributed by atoms with Crippen LogP contribution in [0, 0.1) is 6.92 Å². The topological polar surface area (TPSA) is 81.2 Å². The summed E-state index contributed by atoms with van der Waals surface area (Å²) in [7, 11) is 1.68. The van der Waals surface area contributed by atoms with E-state index >= 15 is 0 Å². The Morgan fingerprint density at radius 2 is 1.74 bits per heavy atom. The van der Waals surface area contributed by atoms with Gasteiger partial charge in [-0.3, -0.25) is 0 Å². The van der Waals surface area contributed by atoms with Gasteiger partial charge in [0, 0.05) is 28.7 Å². The van der Waals surface area contributed by atoms with Crippen molar-refractivity contribution in [1.82, 2.24) is 5.32 Å². The number of primary amides is 1. The number of carbonyl (C=O) groups excluding carboxylic acids is 2. The van der Waals surface area contributed by atoms with E-state index in [2.05, 4.69) is 43.4 Å². The molecule has 3 aromatic rings. The van der Waals surface area contributed by atoms with E-state index in [1.165, 1.54) is 11.3 Å². The highest BCUT2D eigenvalue weighted by molar-refractivity contribution is 7.12. The van der Waals surface area contributed by atoms with E-state index in [-0.39, 0.29) is 11.3 Å². The predicted molar refractivity (Wildman–Crippen MR) is 140 cm³/mol. The molecular formula is C28H33N2O4S+. The molecule has 3 N–H and O–H groups in total. The standard InChI is InChI=1S/C28H32N2O4S/c1-16-14-20(33-7)21(22-19-12-13-35-24(19)25(31)30-23(16)22)17-8-10-18(11-9-17)28(5,6)15-29-26(32)34-27(2,3)4/h8-14H,15H2,1-7H3,(H,29,32)(H,30,31)/p+1. The van der Waals surface area contributed by atoms with Gasteiger partial charge in [-0.15, -0.1) is 11.3 Å². The molecule has 0 radical (unpaired) electrons. The fourth-order valence-corrected chi connectivity index (χ4v) is 5.22. The Bertz CT molecular complexity index is 1280. The van der Waals surface area contributed by atoms with Crippen molar-refractivity contribution in [2.75, 3.05) is 13.7 Å². The van der Waals surface area contributed by atoms with Gasteiger partial charge in [0.2, 0.25) is 0 Å². The van der Waals surface area contributed by atoms with E-state index in [0.717, 1.165) is 49.7 Å². The summed E-state index contributed by atoms with van der Waals surface area (Å²) in [6.45, 7) is 12.2. The lowest BCUT2D eigenvalue weighted by Gasteiger charge is -2.27. The molecule has 6 nitrogen and oxygen atoms in total. The molecule has 2 heterocycles. The summed E-state index contributed by atoms with van der Waals surface area (Å²) < 4.78 is 11.2. The number of nitrogens with two attached hydrogens (primary N) is 1. The van der Waals surface area contributed by atoms with Crippen molar-refractivity contribution in [1.29, 1.82) is 0 Å². The van der Waals surface area contributed by atoms with Crippen molar-refractivity contribution in [2.24, 2.45) is 0 Å². The molecule has 1 aromatic heterocycles. The molecule has 0 fully saturated rings. The Balaban J connectivity index is 1.69. The molecule has 0 unspecified atom stereocenters. The van der Waals surface area contributed by atoms with Crippen molar-refractivity contribution in [3.05, 3.63) is 57.8 Å². The number of ether oxygens (including phenoxy) is 2. The molecule has 0 saturated heterocycles. The third-order valence-electron chi connectivity index (χ3n) is 6.22. The van der Waals surface area contributed by atoms with E-state index in [1.807, 2.05) is 45.2 Å². The third-order valence-corrected chi connectivity index (χ3v) is 7.15. The lowest BCUT2D eigenvalue weighted by molar-refractivity contribution is -0.464. The van der Waals surface area contributed by atoms with Gasteiger partial charge in [-0.2, -0.15) is 0 Å². The highest BCUT2D eigenvalue weighted by Gasteiger charge is 2.34. The lowest BCUT2D eigenvalue weighted by Crippen LogP contribution is -2.83. The van der Waals surface area contributed by atoms with Gasteiger partial charge < -0.3 is 14.8 Å². The number of thiophene rings is 1. The van der Waals surface area contributed by atoms with Crippen LogP contribution < -0.4 is 15.4 Å². The molecule has 0 aliphatic carbocycles. The molecule has 0 saturated carbocycles. The average Bonchev–Trinajstić information content (AvgIpc) is 3.28. The molecule has 0 atom stereocenters. The molecule has 1 aliphatic rings. The Morgan fingerprint density at radius 3 is 2.37 bits per heavy atom. The first kappa shape index (κ1) is 24.9. The maximum Gasteiger partial charge on any atom is 0.407 e. The molecule has 0 bridgehead atoms. The molecule has 7 heteroatoms. The Labute approximate surface area is 210 Å². The largest absolute Gasteiger partial charge is 0.496 e. The number of quaternary nitrogens is 1. The smallest absolute Gasteiger partial charge is 0.407 e. The minimum absolute atomic E-state index is 0.0521. The fraction of sp³-hybridized carbons (Fsp3) is 0.357. The van der Waals surface area contributed by atoms with Crippen LogP contribution in [0.3, 0.4) is 0 Å². The van der Waals surface area contributed by atoms with Gasteiger partial charge in [0.25, 0.3) is 0 Å². The monoisotopic (exact) mass is 493 g/mol. The number of rotatable bonds is 5. The van der Waals surface area contributed by atoms with Gasteiger partial charge in [0.15, 0.2) is 0 Å². The second-order valence-corrected chi connectivity index (χ2v) is 11.5. The normalized spacial score (nSPS) is 13.2. The van der Waals surface area contributed by atoms with Crippen LogP contribution in [0.5, 0.6) is 5.75 Å². The van der Waals surface area contributed by atoms with Crippen LogP contribution in [-0.4, -0.2) is 31.3 Å². The van der Waals surface area contributed by atoms with Crippen molar-refractivity contribution < 1.29 is 24.4 Å². The van der Waals surface area contributed by atoms with Crippen molar-refractivity contribution in [3.8, 4) is 28.0 Å². The minimum atomic E-state index is -0.535. The van der Waals surface area contributed by atoms with Crippen molar-refractivity contribution >= 4 is 29.0 Å². The van der Waals surface area contributed by atoms with Crippen LogP contribution in [0.1, 0.15) is 55.4 Å². The SMILES string of the molecule is COc1cc(C)c2c(c1-c1ccc(C(C)(C)CNC(=O)OC(C)(C)C)cc1)-c1ccsc1C(=O)[NH2+]2. The zero-order chi connectivity index (χ0) is 25.5. The summed E-state index contributed by atoms with van der Waals surface area (Å²) in [5, 5.41) is 6.59. The summed E-state index contributed by atoms with van der Waals surface area (Å²) in [5.41, 5.74) is 6.20. The Kier molecular flexibility index (Phi) is 6.51. The number of hydrogen-bond acceptors (Lipinski definition) is 5. The van der Waals surface area contributed by atoms with Gasteiger partial charge in [0.1, 0.15) is 21.9 Å². The Morgan fingerprint density at radius 1 is 1.06 bits per heavy atom. The number of fused-ring (bicyclic) bond motifs is 3. The summed E-state index contributed by atoms with van der Waals surface area (Å²) in [4.78, 5) is 25.6. The van der Waals surface area contributed by atoms with Crippen molar-refractivity contribution in [2.45, 2.75) is 52.6 Å². The van der Waals surface area contributed by atoms with E-state index in [1.54, 1.807) is 12.4 Å². The number of hydrogen-bond donors (Lipinski definition) is 2. The van der Waals surface area contributed by atoms with Gasteiger partial charge in [-0.1, -0.05) is 38.1 Å². The van der Waals surface area contributed by atoms with Crippen LogP contribution in [0.2, 0.25) is 0 Å². The second kappa shape index (κ2) is 9.13. The quantitative estimate of drug-likeness (QED) is 0.457. The summed E-state index contributed by atoms with van der Waals surface area (Å²) >= 11 is 1.47. The number of amides is 2. The first-order valence-electron chi connectivity index (χ1n) is 11.7. The van der Waals surface area contributed by atoms with Crippen LogP contribution in [0.4, 0.5) is 10.5 Å². The van der Waals surface area contributed by atoms with Gasteiger partial charge in [0.05, 0.1) is 12.7 Å². The minimum Gasteiger partial charge on any atom is -0.496 e. The fourth-order valence-electron chi connectivity index (χ4n) is 4.41. The number of methoxy groups -OCH3 is 1. The molecule has 4 rings (SSSR count). The molecule has 0 spiro atoms. The molecule has 2 aromatic carbocycles. The maximum atomic E-state index is 12.7. The molecule has 1 aliphatic heterocycles. The summed E-state index contributed by atoms with van der Waals surface area (Å²) in [6, 6.07) is 12.4. The predicted octanol–water partition coefficient (Wildman–Crippen LogP) is 5.55. The zero-order valence-corrected chi connectivity index (χ0v) is 22.2. The van der Waals surface area contributed by atoms with Gasteiger partial charge in [-0.05, 0) is 56.3 Å². The number of nitrogens with one attached hydrogen (secondary N) is 1. The van der Waals surface area contributed by atoms with E-state index < -0.39 is 11.7 Å². The van der Waals surface area contributed by atoms with Gasteiger partial charge >= 0.3 is 12.0 Å². The van der Waals surface area contributed by atoms with Crippen LogP contribution in [-0.2, 0) is 10.2 Å². The van der Waals surface area contributed by atoms with E-state index in [9.17, 15) is 9.59 Å². The van der Waals surface area contributed by atoms with E-state index in [0.29, 0.717) is 6.54 Å². The number of benzene rings is 2. The highest BCUT2D eigenvalue weighted by Crippen LogP contribution is 2.47. The van der Waals surface area contributed by atoms with E-state index in [4.69, 9.17) is 9.47 Å². The molecular weight excluding hydrogens is 460 g/mol. The maximum absolute atomic E-state index is 12.7. The van der Waals surface area contributed by atoms with Gasteiger partial charge in [-0.25, -0.2) is 14.9 Å². The molecule has 2 amide bonds. The third kappa shape index (κ3) is 4.97. The first-order valence-corrected chi connectivity index (χ1v) is 12.6. The summed E-state index contributed by atoms with van der Waals surface area (Å²) in [6.07, 6.45) is -0.421. The number of aryl methyl sites for hydroxylation is 1. The number of alkyl carbamates (subject to hydrolysis) is 1. The van der Waals surface area contributed by atoms with Crippen LogP contribution >= 0.6 is 11.3 Å². The lowest BCUT2D eigenvalue weighted by atomic mass is 9.82. The van der Waals surface area contributed by atoms with Crippen molar-refractivity contribution in [3.63, 3.8) is 0 Å². The zero-order valence-electron chi connectivity index (χ0n) is 21.4. The highest BCUT2D eigenvalue weighted by atomic mass is 32.1. The first-order chi connectivity index (χ1) is 16.4. The number of carbonyl (C=O) groups is 2. The summed E-state index contributed by atoms with van der Waals surface area (Å²) in [5.74, 6) is 0.830.